The molecule has 1 aliphatic heterocycles. The van der Waals surface area contributed by atoms with Crippen molar-refractivity contribution < 1.29 is 9.53 Å². The van der Waals surface area contributed by atoms with Crippen molar-refractivity contribution in [2.45, 2.75) is 52.5 Å². The van der Waals surface area contributed by atoms with Gasteiger partial charge in [0.15, 0.2) is 0 Å². The summed E-state index contributed by atoms with van der Waals surface area (Å²) in [6, 6.07) is 0.557. The minimum atomic E-state index is 0.275. The first-order valence-electron chi connectivity index (χ1n) is 8.52. The van der Waals surface area contributed by atoms with Gasteiger partial charge in [-0.3, -0.25) is 4.79 Å². The van der Waals surface area contributed by atoms with Gasteiger partial charge in [0.2, 0.25) is 5.91 Å². The van der Waals surface area contributed by atoms with Crippen LogP contribution in [0.3, 0.4) is 0 Å². The number of morpholine rings is 1. The van der Waals surface area contributed by atoms with Gasteiger partial charge in [0.05, 0.1) is 13.2 Å². The predicted octanol–water partition coefficient (Wildman–Crippen LogP) is 2.04. The molecule has 4 heteroatoms. The molecule has 3 fully saturated rings. The number of fused-ring (bicyclic) bond motifs is 2. The number of amides is 1. The van der Waals surface area contributed by atoms with Gasteiger partial charge in [0, 0.05) is 32.1 Å². The number of carbonyl (C=O) groups excluding carboxylic acids is 1. The van der Waals surface area contributed by atoms with Crippen LogP contribution in [0.15, 0.2) is 0 Å². The Morgan fingerprint density at radius 3 is 2.62 bits per heavy atom. The zero-order valence-corrected chi connectivity index (χ0v) is 13.8. The number of nitrogens with zero attached hydrogens (tertiary/aromatic N) is 1. The summed E-state index contributed by atoms with van der Waals surface area (Å²) in [4.78, 5) is 14.1. The van der Waals surface area contributed by atoms with Crippen LogP contribution < -0.4 is 5.32 Å². The number of rotatable bonds is 4. The van der Waals surface area contributed by atoms with Crippen molar-refractivity contribution in [2.75, 3.05) is 32.8 Å². The highest BCUT2D eigenvalue weighted by Crippen LogP contribution is 2.62. The predicted molar refractivity (Wildman–Crippen MR) is 83.0 cm³/mol. The smallest absolute Gasteiger partial charge is 0.224 e. The first-order chi connectivity index (χ1) is 9.93. The molecule has 1 saturated heterocycles. The third-order valence-electron chi connectivity index (χ3n) is 6.32. The molecule has 3 atom stereocenters. The van der Waals surface area contributed by atoms with Crippen LogP contribution >= 0.6 is 0 Å². The summed E-state index contributed by atoms with van der Waals surface area (Å²) in [6.07, 6.45) is 4.70. The van der Waals surface area contributed by atoms with Gasteiger partial charge in [-0.15, -0.1) is 0 Å². The molecule has 2 aliphatic carbocycles. The molecule has 0 aromatic rings. The minimum absolute atomic E-state index is 0.275. The lowest BCUT2D eigenvalue weighted by Crippen LogP contribution is -2.51. The normalized spacial score (nSPS) is 38.0. The van der Waals surface area contributed by atoms with Gasteiger partial charge in [-0.25, -0.2) is 0 Å². The monoisotopic (exact) mass is 294 g/mol. The van der Waals surface area contributed by atoms with E-state index in [1.807, 2.05) is 4.90 Å². The van der Waals surface area contributed by atoms with Gasteiger partial charge >= 0.3 is 0 Å². The summed E-state index contributed by atoms with van der Waals surface area (Å²) in [6.45, 7) is 11.0. The lowest BCUT2D eigenvalue weighted by Gasteiger charge is -2.43. The van der Waals surface area contributed by atoms with E-state index in [1.54, 1.807) is 0 Å². The SMILES string of the molecule is CC1(C)C(NCCC(=O)N2CCOCC2)[C@]2(C)CC[C@H]1C2. The maximum absolute atomic E-state index is 12.2. The van der Waals surface area contributed by atoms with Gasteiger partial charge in [-0.05, 0) is 36.0 Å². The number of carbonyl (C=O) groups is 1. The van der Waals surface area contributed by atoms with Crippen LogP contribution in [0.25, 0.3) is 0 Å². The maximum Gasteiger partial charge on any atom is 0.224 e. The number of hydrogen-bond donors (Lipinski definition) is 1. The fourth-order valence-corrected chi connectivity index (χ4v) is 5.11. The molecule has 1 N–H and O–H groups in total. The summed E-state index contributed by atoms with van der Waals surface area (Å²) in [5, 5.41) is 3.74. The van der Waals surface area contributed by atoms with Crippen LogP contribution in [-0.2, 0) is 9.53 Å². The Balaban J connectivity index is 1.50. The third-order valence-corrected chi connectivity index (χ3v) is 6.32. The van der Waals surface area contributed by atoms with E-state index >= 15 is 0 Å². The molecular weight excluding hydrogens is 264 g/mol. The van der Waals surface area contributed by atoms with E-state index in [0.717, 1.165) is 25.6 Å². The minimum Gasteiger partial charge on any atom is -0.378 e. The van der Waals surface area contributed by atoms with Crippen LogP contribution in [0, 0.1) is 16.7 Å². The molecule has 1 unspecified atom stereocenters. The van der Waals surface area contributed by atoms with Gasteiger partial charge in [0.25, 0.3) is 0 Å². The highest BCUT2D eigenvalue weighted by molar-refractivity contribution is 5.76. The molecule has 0 aromatic carbocycles. The Morgan fingerprint density at radius 2 is 2.00 bits per heavy atom. The highest BCUT2D eigenvalue weighted by atomic mass is 16.5. The number of nitrogens with one attached hydrogen (secondary N) is 1. The van der Waals surface area contributed by atoms with Crippen LogP contribution in [0.2, 0.25) is 0 Å². The van der Waals surface area contributed by atoms with Gasteiger partial charge in [-0.1, -0.05) is 20.8 Å². The second-order valence-electron chi connectivity index (χ2n) is 8.05. The van der Waals surface area contributed by atoms with Crippen molar-refractivity contribution in [1.29, 1.82) is 0 Å². The van der Waals surface area contributed by atoms with Crippen molar-refractivity contribution in [1.82, 2.24) is 10.2 Å². The molecule has 0 aromatic heterocycles. The topological polar surface area (TPSA) is 41.6 Å². The fraction of sp³-hybridized carbons (Fsp3) is 0.941. The van der Waals surface area contributed by atoms with E-state index in [2.05, 4.69) is 26.1 Å². The van der Waals surface area contributed by atoms with E-state index in [9.17, 15) is 4.79 Å². The van der Waals surface area contributed by atoms with Crippen molar-refractivity contribution in [3.63, 3.8) is 0 Å². The van der Waals surface area contributed by atoms with Gasteiger partial charge < -0.3 is 15.0 Å². The first kappa shape index (κ1) is 15.3. The Bertz CT molecular complexity index is 399. The largest absolute Gasteiger partial charge is 0.378 e. The lowest BCUT2D eigenvalue weighted by atomic mass is 9.68. The molecule has 2 bridgehead atoms. The van der Waals surface area contributed by atoms with Gasteiger partial charge in [0.1, 0.15) is 0 Å². The third kappa shape index (κ3) is 2.72. The van der Waals surface area contributed by atoms with Crippen molar-refractivity contribution >= 4 is 5.91 Å². The van der Waals surface area contributed by atoms with E-state index in [4.69, 9.17) is 4.74 Å². The van der Waals surface area contributed by atoms with Crippen LogP contribution in [0.4, 0.5) is 0 Å². The second kappa shape index (κ2) is 5.54. The molecule has 120 valence electrons. The molecule has 1 heterocycles. The molecule has 3 rings (SSSR count). The number of hydrogen-bond acceptors (Lipinski definition) is 3. The van der Waals surface area contributed by atoms with Crippen molar-refractivity contribution in [3.05, 3.63) is 0 Å². The van der Waals surface area contributed by atoms with Crippen LogP contribution in [0.5, 0.6) is 0 Å². The van der Waals surface area contributed by atoms with E-state index in [1.165, 1.54) is 19.3 Å². The lowest BCUT2D eigenvalue weighted by molar-refractivity contribution is -0.135. The molecule has 2 saturated carbocycles. The van der Waals surface area contributed by atoms with E-state index < -0.39 is 0 Å². The van der Waals surface area contributed by atoms with E-state index in [0.29, 0.717) is 36.5 Å². The summed E-state index contributed by atoms with van der Waals surface area (Å²) in [7, 11) is 0. The molecule has 4 nitrogen and oxygen atoms in total. The van der Waals surface area contributed by atoms with Crippen molar-refractivity contribution in [2.24, 2.45) is 16.7 Å². The highest BCUT2D eigenvalue weighted by Gasteiger charge is 2.58. The van der Waals surface area contributed by atoms with Crippen LogP contribution in [0.1, 0.15) is 46.5 Å². The summed E-state index contributed by atoms with van der Waals surface area (Å²) in [5.74, 6) is 1.13. The molecule has 3 aliphatic rings. The van der Waals surface area contributed by atoms with E-state index in [-0.39, 0.29) is 5.91 Å². The molecule has 0 spiro atoms. The van der Waals surface area contributed by atoms with Gasteiger partial charge in [-0.2, -0.15) is 0 Å². The first-order valence-corrected chi connectivity index (χ1v) is 8.52. The standard InChI is InChI=1S/C17H30N2O2/c1-16(2)13-4-6-17(3,12-13)15(16)18-7-5-14(20)19-8-10-21-11-9-19/h13,15,18H,4-12H2,1-3H3/t13-,15?,17+/m0/s1. The fourth-order valence-electron chi connectivity index (χ4n) is 5.11. The zero-order valence-electron chi connectivity index (χ0n) is 13.8. The summed E-state index contributed by atoms with van der Waals surface area (Å²) >= 11 is 0. The maximum atomic E-state index is 12.2. The molecular formula is C17H30N2O2. The summed E-state index contributed by atoms with van der Waals surface area (Å²) < 4.78 is 5.30. The second-order valence-corrected chi connectivity index (χ2v) is 8.05. The molecule has 1 amide bonds. The number of ether oxygens (including phenoxy) is 1. The Kier molecular flexibility index (Phi) is 4.04. The van der Waals surface area contributed by atoms with Crippen molar-refractivity contribution in [3.8, 4) is 0 Å². The zero-order chi connectivity index (χ0) is 15.1. The average molecular weight is 294 g/mol. The molecule has 21 heavy (non-hydrogen) atoms. The molecule has 0 radical (unpaired) electrons. The average Bonchev–Trinajstić information content (AvgIpc) is 2.94. The Labute approximate surface area is 128 Å². The summed E-state index contributed by atoms with van der Waals surface area (Å²) in [5.41, 5.74) is 0.811. The quantitative estimate of drug-likeness (QED) is 0.863. The van der Waals surface area contributed by atoms with Crippen LogP contribution in [-0.4, -0.2) is 49.7 Å². The Morgan fingerprint density at radius 1 is 1.29 bits per heavy atom. The Hall–Kier alpha value is -0.610.